The van der Waals surface area contributed by atoms with Crippen LogP contribution in [-0.2, 0) is 6.54 Å². The fourth-order valence-corrected chi connectivity index (χ4v) is 4.57. The Kier molecular flexibility index (Phi) is 7.38. The molecule has 0 aliphatic heterocycles. The van der Waals surface area contributed by atoms with Gasteiger partial charge in [0.05, 0.1) is 12.7 Å². The van der Waals surface area contributed by atoms with E-state index in [0.29, 0.717) is 36.1 Å². The highest BCUT2D eigenvalue weighted by molar-refractivity contribution is 5.74. The van der Waals surface area contributed by atoms with Crippen molar-refractivity contribution in [2.45, 2.75) is 26.3 Å². The van der Waals surface area contributed by atoms with E-state index >= 15 is 0 Å². The molecule has 0 amide bonds. The minimum Gasteiger partial charge on any atom is -0.492 e. The summed E-state index contributed by atoms with van der Waals surface area (Å²) in [7, 11) is 4.06. The molecule has 194 valence electrons. The van der Waals surface area contributed by atoms with Gasteiger partial charge < -0.3 is 14.6 Å². The molecule has 5 rings (SSSR count). The average Bonchev–Trinajstić information content (AvgIpc) is 3.23. The van der Waals surface area contributed by atoms with Crippen LogP contribution in [0.2, 0.25) is 0 Å². The molecular weight excluding hydrogens is 474 g/mol. The van der Waals surface area contributed by atoms with Gasteiger partial charge in [-0.15, -0.1) is 0 Å². The lowest BCUT2D eigenvalue weighted by Gasteiger charge is -2.14. The molecular formula is C31H33N5O2. The van der Waals surface area contributed by atoms with Crippen molar-refractivity contribution in [1.29, 1.82) is 0 Å². The summed E-state index contributed by atoms with van der Waals surface area (Å²) in [5.74, 6) is 1.82. The number of nitrogens with one attached hydrogen (secondary N) is 1. The Morgan fingerprint density at radius 2 is 1.66 bits per heavy atom. The molecule has 2 heterocycles. The van der Waals surface area contributed by atoms with Crippen molar-refractivity contribution < 1.29 is 4.74 Å². The molecule has 0 saturated carbocycles. The first-order chi connectivity index (χ1) is 18.4. The summed E-state index contributed by atoms with van der Waals surface area (Å²) in [6, 6.07) is 24.5. The predicted octanol–water partition coefficient (Wildman–Crippen LogP) is 5.57. The van der Waals surface area contributed by atoms with Crippen molar-refractivity contribution >= 4 is 11.2 Å². The standard InChI is InChI=1S/C31H33N5O2/c1-21(2)24-9-5-6-11-26(24)29-32-19-27-30(34-29)36(31(37)33-27)20-22-13-15-23(16-14-22)25-10-7-8-12-28(25)38-18-17-35(3)4/h5-16,19,21H,17-18,20H2,1-4H3,(H,33,37). The molecule has 0 bridgehead atoms. The zero-order chi connectivity index (χ0) is 26.6. The highest BCUT2D eigenvalue weighted by Gasteiger charge is 2.15. The van der Waals surface area contributed by atoms with Gasteiger partial charge in [-0.3, -0.25) is 4.57 Å². The van der Waals surface area contributed by atoms with E-state index in [1.807, 2.05) is 62.6 Å². The molecule has 0 unspecified atom stereocenters. The zero-order valence-corrected chi connectivity index (χ0v) is 22.3. The van der Waals surface area contributed by atoms with E-state index in [1.165, 1.54) is 5.56 Å². The van der Waals surface area contributed by atoms with Gasteiger partial charge in [-0.1, -0.05) is 80.6 Å². The van der Waals surface area contributed by atoms with Gasteiger partial charge in [-0.05, 0) is 42.8 Å². The zero-order valence-electron chi connectivity index (χ0n) is 22.3. The quantitative estimate of drug-likeness (QED) is 0.282. The molecule has 38 heavy (non-hydrogen) atoms. The second-order valence-electron chi connectivity index (χ2n) is 10.0. The van der Waals surface area contributed by atoms with Crippen LogP contribution in [0.15, 0.2) is 83.8 Å². The van der Waals surface area contributed by atoms with E-state index in [4.69, 9.17) is 9.72 Å². The van der Waals surface area contributed by atoms with Crippen LogP contribution < -0.4 is 10.4 Å². The minimum absolute atomic E-state index is 0.202. The molecule has 0 fully saturated rings. The lowest BCUT2D eigenvalue weighted by molar-refractivity contribution is 0.262. The smallest absolute Gasteiger partial charge is 0.328 e. The Morgan fingerprint density at radius 1 is 0.947 bits per heavy atom. The number of imidazole rings is 1. The molecule has 0 atom stereocenters. The Bertz CT molecular complexity index is 1600. The summed E-state index contributed by atoms with van der Waals surface area (Å²) in [6.45, 7) is 6.18. The third-order valence-electron chi connectivity index (χ3n) is 6.62. The number of ether oxygens (including phenoxy) is 1. The topological polar surface area (TPSA) is 76.0 Å². The Morgan fingerprint density at radius 3 is 2.39 bits per heavy atom. The van der Waals surface area contributed by atoms with Crippen LogP contribution in [0.25, 0.3) is 33.7 Å². The van der Waals surface area contributed by atoms with E-state index in [0.717, 1.165) is 34.5 Å². The number of H-pyrrole nitrogens is 1. The van der Waals surface area contributed by atoms with Crippen LogP contribution in [0.4, 0.5) is 0 Å². The summed E-state index contributed by atoms with van der Waals surface area (Å²) in [5.41, 5.74) is 6.30. The van der Waals surface area contributed by atoms with Crippen LogP contribution in [0.1, 0.15) is 30.9 Å². The third-order valence-corrected chi connectivity index (χ3v) is 6.62. The van der Waals surface area contributed by atoms with E-state index in [2.05, 4.69) is 53.0 Å². The summed E-state index contributed by atoms with van der Waals surface area (Å²) in [5, 5.41) is 0. The number of rotatable bonds is 9. The van der Waals surface area contributed by atoms with Gasteiger partial charge in [0.1, 0.15) is 17.9 Å². The number of likely N-dealkylation sites (N-methyl/N-ethyl adjacent to an activating group) is 1. The molecule has 3 aromatic carbocycles. The van der Waals surface area contributed by atoms with Crippen molar-refractivity contribution in [3.05, 3.63) is 101 Å². The number of nitrogens with zero attached hydrogens (tertiary/aromatic N) is 4. The molecule has 7 heteroatoms. The Hall–Kier alpha value is -4.23. The first kappa shape index (κ1) is 25.4. The maximum atomic E-state index is 12.9. The third kappa shape index (κ3) is 5.38. The van der Waals surface area contributed by atoms with Crippen LogP contribution >= 0.6 is 0 Å². The molecule has 0 spiro atoms. The van der Waals surface area contributed by atoms with E-state index in [1.54, 1.807) is 10.8 Å². The number of aromatic nitrogens is 4. The maximum Gasteiger partial charge on any atom is 0.328 e. The average molecular weight is 508 g/mol. The Labute approximate surface area is 222 Å². The first-order valence-electron chi connectivity index (χ1n) is 12.9. The normalized spacial score (nSPS) is 11.5. The highest BCUT2D eigenvalue weighted by atomic mass is 16.5. The number of hydrogen-bond donors (Lipinski definition) is 1. The minimum atomic E-state index is -0.202. The number of para-hydroxylation sites is 1. The molecule has 1 N–H and O–H groups in total. The molecule has 0 aliphatic carbocycles. The molecule has 5 aromatic rings. The van der Waals surface area contributed by atoms with Crippen LogP contribution in [0.3, 0.4) is 0 Å². The van der Waals surface area contributed by atoms with Crippen molar-refractivity contribution in [3.8, 4) is 28.3 Å². The van der Waals surface area contributed by atoms with Gasteiger partial charge in [0.25, 0.3) is 0 Å². The van der Waals surface area contributed by atoms with Gasteiger partial charge in [0.15, 0.2) is 11.5 Å². The van der Waals surface area contributed by atoms with Gasteiger partial charge in [0.2, 0.25) is 0 Å². The van der Waals surface area contributed by atoms with Gasteiger partial charge in [-0.2, -0.15) is 0 Å². The lowest BCUT2D eigenvalue weighted by atomic mass is 9.97. The maximum absolute atomic E-state index is 12.9. The number of hydrogen-bond acceptors (Lipinski definition) is 5. The van der Waals surface area contributed by atoms with Crippen molar-refractivity contribution in [2.75, 3.05) is 27.2 Å². The van der Waals surface area contributed by atoms with Crippen molar-refractivity contribution in [3.63, 3.8) is 0 Å². The molecule has 0 saturated heterocycles. The van der Waals surface area contributed by atoms with E-state index in [-0.39, 0.29) is 5.69 Å². The second kappa shape index (κ2) is 11.0. The van der Waals surface area contributed by atoms with E-state index < -0.39 is 0 Å². The summed E-state index contributed by atoms with van der Waals surface area (Å²) in [4.78, 5) is 27.2. The lowest BCUT2D eigenvalue weighted by Crippen LogP contribution is -2.19. The van der Waals surface area contributed by atoms with Gasteiger partial charge in [-0.25, -0.2) is 14.8 Å². The van der Waals surface area contributed by atoms with Crippen molar-refractivity contribution in [2.24, 2.45) is 0 Å². The molecule has 2 aromatic heterocycles. The predicted molar refractivity (Wildman–Crippen MR) is 153 cm³/mol. The summed E-state index contributed by atoms with van der Waals surface area (Å²) < 4.78 is 7.72. The van der Waals surface area contributed by atoms with E-state index in [9.17, 15) is 4.79 Å². The SMILES string of the molecule is CC(C)c1ccccc1-c1ncc2[nH]c(=O)n(Cc3ccc(-c4ccccc4OCCN(C)C)cc3)c2n1. The molecule has 7 nitrogen and oxygen atoms in total. The Balaban J connectivity index is 1.42. The van der Waals surface area contributed by atoms with Gasteiger partial charge >= 0.3 is 5.69 Å². The number of benzene rings is 3. The van der Waals surface area contributed by atoms with Gasteiger partial charge in [0, 0.05) is 17.7 Å². The second-order valence-corrected chi connectivity index (χ2v) is 10.0. The summed E-state index contributed by atoms with van der Waals surface area (Å²) >= 11 is 0. The summed E-state index contributed by atoms with van der Waals surface area (Å²) in [6.07, 6.45) is 1.70. The molecule has 0 aliphatic rings. The number of aromatic amines is 1. The fraction of sp³-hybridized carbons (Fsp3) is 0.258. The van der Waals surface area contributed by atoms with Crippen molar-refractivity contribution in [1.82, 2.24) is 24.4 Å². The monoisotopic (exact) mass is 507 g/mol. The first-order valence-corrected chi connectivity index (χ1v) is 12.9. The van der Waals surface area contributed by atoms with Crippen LogP contribution in [0.5, 0.6) is 5.75 Å². The molecule has 0 radical (unpaired) electrons. The fourth-order valence-electron chi connectivity index (χ4n) is 4.57. The number of fused-ring (bicyclic) bond motifs is 1. The largest absolute Gasteiger partial charge is 0.492 e. The highest BCUT2D eigenvalue weighted by Crippen LogP contribution is 2.30. The van der Waals surface area contributed by atoms with Crippen LogP contribution in [0, 0.1) is 0 Å². The van der Waals surface area contributed by atoms with Crippen LogP contribution in [-0.4, -0.2) is 51.7 Å².